The number of aromatic nitrogens is 2. The Balaban J connectivity index is 1.56. The molecule has 1 aliphatic rings. The molecular formula is C34H34N2O3. The largest absolute Gasteiger partial charge is 0.463 e. The van der Waals surface area contributed by atoms with Crippen molar-refractivity contribution in [3.8, 4) is 11.1 Å². The zero-order valence-electron chi connectivity index (χ0n) is 22.3. The minimum atomic E-state index is -0.333. The third-order valence-electron chi connectivity index (χ3n) is 7.23. The molecule has 4 aromatic rings. The SMILES string of the molecule is CCOC(=O)/C=C/c1ccc(/C(=C(\c2ccccc2)C2CCC2)c2ccc(-c3cnn(CCO)c3)cc2)cc1. The highest BCUT2D eigenvalue weighted by Crippen LogP contribution is 2.45. The average Bonchev–Trinajstić information content (AvgIpc) is 3.41. The van der Waals surface area contributed by atoms with E-state index in [2.05, 4.69) is 84.0 Å². The number of aliphatic hydroxyl groups excluding tert-OH is 1. The predicted molar refractivity (Wildman–Crippen MR) is 157 cm³/mol. The Morgan fingerprint density at radius 1 is 0.949 bits per heavy atom. The zero-order chi connectivity index (χ0) is 27.0. The molecule has 1 saturated carbocycles. The van der Waals surface area contributed by atoms with Gasteiger partial charge in [-0.05, 0) is 70.7 Å². The molecule has 5 heteroatoms. The van der Waals surface area contributed by atoms with Crippen LogP contribution in [0.2, 0.25) is 0 Å². The van der Waals surface area contributed by atoms with Crippen molar-refractivity contribution in [3.05, 3.63) is 120 Å². The molecule has 0 aliphatic heterocycles. The molecule has 198 valence electrons. The Hall–Kier alpha value is -4.22. The number of hydrogen-bond acceptors (Lipinski definition) is 4. The van der Waals surface area contributed by atoms with Crippen LogP contribution in [0.5, 0.6) is 0 Å². The lowest BCUT2D eigenvalue weighted by Crippen LogP contribution is -2.15. The summed E-state index contributed by atoms with van der Waals surface area (Å²) in [6.45, 7) is 2.72. The molecule has 39 heavy (non-hydrogen) atoms. The van der Waals surface area contributed by atoms with E-state index in [1.807, 2.05) is 12.4 Å². The number of carbonyl (C=O) groups is 1. The van der Waals surface area contributed by atoms with Crippen molar-refractivity contribution in [2.45, 2.75) is 32.7 Å². The molecule has 0 unspecified atom stereocenters. The van der Waals surface area contributed by atoms with Crippen LogP contribution in [-0.4, -0.2) is 34.1 Å². The summed E-state index contributed by atoms with van der Waals surface area (Å²) < 4.78 is 6.77. The maximum atomic E-state index is 11.8. The third-order valence-corrected chi connectivity index (χ3v) is 7.23. The van der Waals surface area contributed by atoms with Gasteiger partial charge in [-0.25, -0.2) is 4.79 Å². The summed E-state index contributed by atoms with van der Waals surface area (Å²) in [4.78, 5) is 11.8. The van der Waals surface area contributed by atoms with Crippen LogP contribution in [0.25, 0.3) is 28.3 Å². The summed E-state index contributed by atoms with van der Waals surface area (Å²) in [7, 11) is 0. The van der Waals surface area contributed by atoms with E-state index in [1.165, 1.54) is 47.6 Å². The number of carbonyl (C=O) groups excluding carboxylic acids is 1. The van der Waals surface area contributed by atoms with Crippen LogP contribution in [0, 0.1) is 5.92 Å². The minimum absolute atomic E-state index is 0.0645. The summed E-state index contributed by atoms with van der Waals surface area (Å²) in [5.41, 5.74) is 9.28. The van der Waals surface area contributed by atoms with Gasteiger partial charge in [0.2, 0.25) is 0 Å². The highest BCUT2D eigenvalue weighted by Gasteiger charge is 2.27. The Morgan fingerprint density at radius 2 is 1.64 bits per heavy atom. The lowest BCUT2D eigenvalue weighted by molar-refractivity contribution is -0.137. The summed E-state index contributed by atoms with van der Waals surface area (Å²) in [6.07, 6.45) is 10.7. The van der Waals surface area contributed by atoms with Gasteiger partial charge in [-0.3, -0.25) is 4.68 Å². The van der Waals surface area contributed by atoms with Crippen LogP contribution in [0.1, 0.15) is 48.4 Å². The molecule has 0 atom stereocenters. The molecule has 0 spiro atoms. The Morgan fingerprint density at radius 3 is 2.26 bits per heavy atom. The number of ether oxygens (including phenoxy) is 1. The number of esters is 1. The molecule has 3 aromatic carbocycles. The van der Waals surface area contributed by atoms with Gasteiger partial charge in [0.05, 0.1) is 26.0 Å². The molecule has 1 fully saturated rings. The molecule has 1 heterocycles. The van der Waals surface area contributed by atoms with Crippen LogP contribution in [0.3, 0.4) is 0 Å². The lowest BCUT2D eigenvalue weighted by Gasteiger charge is -2.31. The fourth-order valence-electron chi connectivity index (χ4n) is 5.06. The maximum absolute atomic E-state index is 11.8. The normalized spacial score (nSPS) is 14.2. The van der Waals surface area contributed by atoms with Crippen LogP contribution < -0.4 is 0 Å². The van der Waals surface area contributed by atoms with E-state index in [-0.39, 0.29) is 12.6 Å². The standard InChI is InChI=1S/C34H34N2O3/c1-2-39-32(38)20-13-25-11-14-29(15-12-25)34(33(28-9-6-10-28)27-7-4-3-5-8-27)30-18-16-26(17-19-30)31-23-35-36(24-31)21-22-37/h3-5,7-8,11-20,23-24,28,37H,2,6,9-10,21-22H2,1H3/b20-13+,34-33-. The number of nitrogens with zero attached hydrogens (tertiary/aromatic N) is 2. The van der Waals surface area contributed by atoms with E-state index in [9.17, 15) is 9.90 Å². The first kappa shape index (κ1) is 26.4. The van der Waals surface area contributed by atoms with Gasteiger partial charge in [-0.1, -0.05) is 85.3 Å². The topological polar surface area (TPSA) is 64.3 Å². The number of allylic oxidation sites excluding steroid dienone is 1. The first-order valence-electron chi connectivity index (χ1n) is 13.6. The molecule has 0 bridgehead atoms. The fraction of sp³-hybridized carbons (Fsp3) is 0.235. The van der Waals surface area contributed by atoms with Crippen molar-refractivity contribution in [2.75, 3.05) is 13.2 Å². The molecule has 1 aliphatic carbocycles. The lowest BCUT2D eigenvalue weighted by atomic mass is 9.73. The van der Waals surface area contributed by atoms with Gasteiger partial charge in [-0.15, -0.1) is 0 Å². The first-order valence-corrected chi connectivity index (χ1v) is 13.6. The van der Waals surface area contributed by atoms with Gasteiger partial charge in [0.1, 0.15) is 0 Å². The molecule has 5 rings (SSSR count). The zero-order valence-corrected chi connectivity index (χ0v) is 22.3. The first-order chi connectivity index (χ1) is 19.2. The van der Waals surface area contributed by atoms with E-state index in [0.29, 0.717) is 19.1 Å². The van der Waals surface area contributed by atoms with Crippen LogP contribution in [0.15, 0.2) is 97.3 Å². The van der Waals surface area contributed by atoms with Gasteiger partial charge >= 0.3 is 5.97 Å². The second-order valence-corrected chi connectivity index (χ2v) is 9.78. The molecule has 0 amide bonds. The number of rotatable bonds is 10. The Kier molecular flexibility index (Phi) is 8.49. The van der Waals surface area contributed by atoms with Gasteiger partial charge in [0.15, 0.2) is 0 Å². The van der Waals surface area contributed by atoms with Crippen LogP contribution in [0.4, 0.5) is 0 Å². The summed E-state index contributed by atoms with van der Waals surface area (Å²) >= 11 is 0. The Bertz CT molecular complexity index is 1440. The number of benzene rings is 3. The van der Waals surface area contributed by atoms with Crippen molar-refractivity contribution in [3.63, 3.8) is 0 Å². The maximum Gasteiger partial charge on any atom is 0.330 e. The highest BCUT2D eigenvalue weighted by atomic mass is 16.5. The third kappa shape index (κ3) is 6.27. The molecule has 1 N–H and O–H groups in total. The highest BCUT2D eigenvalue weighted by molar-refractivity contribution is 6.00. The molecule has 0 radical (unpaired) electrons. The summed E-state index contributed by atoms with van der Waals surface area (Å²) in [6, 6.07) is 27.8. The van der Waals surface area contributed by atoms with E-state index in [0.717, 1.165) is 22.3 Å². The summed E-state index contributed by atoms with van der Waals surface area (Å²) in [5, 5.41) is 13.6. The predicted octanol–water partition coefficient (Wildman–Crippen LogP) is 6.88. The van der Waals surface area contributed by atoms with E-state index in [1.54, 1.807) is 17.7 Å². The monoisotopic (exact) mass is 518 g/mol. The quantitative estimate of drug-likeness (QED) is 0.141. The summed E-state index contributed by atoms with van der Waals surface area (Å²) in [5.74, 6) is 0.183. The van der Waals surface area contributed by atoms with Gasteiger partial charge < -0.3 is 9.84 Å². The smallest absolute Gasteiger partial charge is 0.330 e. The molecule has 1 aromatic heterocycles. The minimum Gasteiger partial charge on any atom is -0.463 e. The number of hydrogen-bond donors (Lipinski definition) is 1. The van der Waals surface area contributed by atoms with Gasteiger partial charge in [0, 0.05) is 17.8 Å². The Labute approximate surface area is 230 Å². The fourth-order valence-corrected chi connectivity index (χ4v) is 5.06. The van der Waals surface area contributed by atoms with Crippen molar-refractivity contribution in [1.29, 1.82) is 0 Å². The van der Waals surface area contributed by atoms with Crippen LogP contribution in [-0.2, 0) is 16.1 Å². The van der Waals surface area contributed by atoms with Gasteiger partial charge in [-0.2, -0.15) is 5.10 Å². The van der Waals surface area contributed by atoms with E-state index >= 15 is 0 Å². The van der Waals surface area contributed by atoms with Crippen molar-refractivity contribution in [2.24, 2.45) is 5.92 Å². The molecule has 5 nitrogen and oxygen atoms in total. The van der Waals surface area contributed by atoms with Crippen molar-refractivity contribution in [1.82, 2.24) is 9.78 Å². The van der Waals surface area contributed by atoms with E-state index < -0.39 is 0 Å². The second kappa shape index (κ2) is 12.5. The average molecular weight is 519 g/mol. The second-order valence-electron chi connectivity index (χ2n) is 9.78. The van der Waals surface area contributed by atoms with Crippen molar-refractivity contribution < 1.29 is 14.6 Å². The molecule has 0 saturated heterocycles. The molecular weight excluding hydrogens is 484 g/mol. The van der Waals surface area contributed by atoms with Crippen LogP contribution >= 0.6 is 0 Å². The van der Waals surface area contributed by atoms with E-state index in [4.69, 9.17) is 4.74 Å². The van der Waals surface area contributed by atoms with Crippen molar-refractivity contribution >= 4 is 23.2 Å². The van der Waals surface area contributed by atoms with Gasteiger partial charge in [0.25, 0.3) is 0 Å². The number of aliphatic hydroxyl groups is 1.